The molecule has 6 heteroatoms. The van der Waals surface area contributed by atoms with E-state index in [0.29, 0.717) is 11.9 Å². The van der Waals surface area contributed by atoms with Gasteiger partial charge in [-0.3, -0.25) is 0 Å². The van der Waals surface area contributed by atoms with Crippen molar-refractivity contribution in [3.05, 3.63) is 5.82 Å². The Balaban J connectivity index is 1.82. The molecule has 1 aliphatic carbocycles. The van der Waals surface area contributed by atoms with Crippen LogP contribution >= 0.6 is 0 Å². The Morgan fingerprint density at radius 3 is 2.47 bits per heavy atom. The first-order valence-corrected chi connectivity index (χ1v) is 7.17. The standard InChI is InChI=1S/C13H21N5O/c14-12-15-11(10-4-2-1-3-5-10)16-13(17-12)18-6-8-19-9-7-18/h10H,1-9H2,(H2,14,15,16,17). The first-order chi connectivity index (χ1) is 9.33. The van der Waals surface area contributed by atoms with Gasteiger partial charge < -0.3 is 15.4 Å². The van der Waals surface area contributed by atoms with Crippen LogP contribution in [-0.4, -0.2) is 41.3 Å². The molecule has 1 aromatic heterocycles. The predicted molar refractivity (Wildman–Crippen MR) is 73.1 cm³/mol. The molecule has 3 rings (SSSR count). The van der Waals surface area contributed by atoms with Crippen LogP contribution in [0.3, 0.4) is 0 Å². The van der Waals surface area contributed by atoms with Crippen LogP contribution in [0.2, 0.25) is 0 Å². The zero-order valence-electron chi connectivity index (χ0n) is 11.2. The fourth-order valence-electron chi connectivity index (χ4n) is 2.85. The van der Waals surface area contributed by atoms with Crippen molar-refractivity contribution in [3.63, 3.8) is 0 Å². The summed E-state index contributed by atoms with van der Waals surface area (Å²) in [7, 11) is 0. The summed E-state index contributed by atoms with van der Waals surface area (Å²) in [6.07, 6.45) is 6.21. The van der Waals surface area contributed by atoms with Crippen LogP contribution < -0.4 is 10.6 Å². The first kappa shape index (κ1) is 12.6. The summed E-state index contributed by atoms with van der Waals surface area (Å²) in [5, 5.41) is 0. The van der Waals surface area contributed by atoms with Crippen LogP contribution in [0.15, 0.2) is 0 Å². The molecule has 0 bridgehead atoms. The lowest BCUT2D eigenvalue weighted by molar-refractivity contribution is 0.122. The molecule has 0 unspecified atom stereocenters. The minimum Gasteiger partial charge on any atom is -0.378 e. The van der Waals surface area contributed by atoms with E-state index in [4.69, 9.17) is 10.5 Å². The van der Waals surface area contributed by atoms with Gasteiger partial charge in [0, 0.05) is 19.0 Å². The molecule has 0 radical (unpaired) electrons. The van der Waals surface area contributed by atoms with E-state index in [-0.39, 0.29) is 0 Å². The van der Waals surface area contributed by atoms with Gasteiger partial charge in [0.1, 0.15) is 5.82 Å². The third kappa shape index (κ3) is 2.94. The van der Waals surface area contributed by atoms with Crippen molar-refractivity contribution in [2.24, 2.45) is 0 Å². The number of nitrogens with zero attached hydrogens (tertiary/aromatic N) is 4. The van der Waals surface area contributed by atoms with Gasteiger partial charge in [0.05, 0.1) is 13.2 Å². The van der Waals surface area contributed by atoms with Gasteiger partial charge in [-0.15, -0.1) is 0 Å². The van der Waals surface area contributed by atoms with Gasteiger partial charge in [0.2, 0.25) is 11.9 Å². The van der Waals surface area contributed by atoms with Crippen LogP contribution in [0.5, 0.6) is 0 Å². The van der Waals surface area contributed by atoms with E-state index in [2.05, 4.69) is 19.9 Å². The zero-order valence-corrected chi connectivity index (χ0v) is 11.2. The highest BCUT2D eigenvalue weighted by Crippen LogP contribution is 2.31. The maximum Gasteiger partial charge on any atom is 0.230 e. The zero-order chi connectivity index (χ0) is 13.1. The number of morpholine rings is 1. The summed E-state index contributed by atoms with van der Waals surface area (Å²) in [6.45, 7) is 3.11. The molecule has 1 saturated heterocycles. The van der Waals surface area contributed by atoms with Gasteiger partial charge in [0.25, 0.3) is 0 Å². The van der Waals surface area contributed by atoms with Crippen LogP contribution in [-0.2, 0) is 4.74 Å². The topological polar surface area (TPSA) is 77.2 Å². The number of anilines is 2. The summed E-state index contributed by atoms with van der Waals surface area (Å²) in [4.78, 5) is 15.4. The van der Waals surface area contributed by atoms with Crippen molar-refractivity contribution in [2.75, 3.05) is 36.9 Å². The Labute approximate surface area is 113 Å². The average Bonchev–Trinajstić information content (AvgIpc) is 2.48. The van der Waals surface area contributed by atoms with Crippen LogP contribution in [0.25, 0.3) is 0 Å². The number of aromatic nitrogens is 3. The SMILES string of the molecule is Nc1nc(C2CCCCC2)nc(N2CCOCC2)n1. The Morgan fingerprint density at radius 1 is 1.00 bits per heavy atom. The molecular weight excluding hydrogens is 242 g/mol. The minimum absolute atomic E-state index is 0.345. The van der Waals surface area contributed by atoms with Crippen molar-refractivity contribution in [1.29, 1.82) is 0 Å². The molecule has 1 aliphatic heterocycles. The normalized spacial score (nSPS) is 21.6. The van der Waals surface area contributed by atoms with Gasteiger partial charge in [-0.25, -0.2) is 0 Å². The summed E-state index contributed by atoms with van der Waals surface area (Å²) < 4.78 is 5.35. The number of hydrogen-bond donors (Lipinski definition) is 1. The van der Waals surface area contributed by atoms with E-state index in [9.17, 15) is 0 Å². The molecule has 0 atom stereocenters. The monoisotopic (exact) mass is 263 g/mol. The van der Waals surface area contributed by atoms with Gasteiger partial charge >= 0.3 is 0 Å². The van der Waals surface area contributed by atoms with Crippen molar-refractivity contribution in [2.45, 2.75) is 38.0 Å². The second kappa shape index (κ2) is 5.69. The molecule has 19 heavy (non-hydrogen) atoms. The molecule has 0 spiro atoms. The van der Waals surface area contributed by atoms with Gasteiger partial charge in [-0.1, -0.05) is 19.3 Å². The van der Waals surface area contributed by atoms with Crippen molar-refractivity contribution in [3.8, 4) is 0 Å². The predicted octanol–water partition coefficient (Wildman–Crippen LogP) is 1.34. The summed E-state index contributed by atoms with van der Waals surface area (Å²) >= 11 is 0. The van der Waals surface area contributed by atoms with E-state index in [1.165, 1.54) is 32.1 Å². The quantitative estimate of drug-likeness (QED) is 0.867. The van der Waals surface area contributed by atoms with E-state index < -0.39 is 0 Å². The van der Waals surface area contributed by atoms with E-state index >= 15 is 0 Å². The number of rotatable bonds is 2. The molecule has 2 heterocycles. The molecular formula is C13H21N5O. The fraction of sp³-hybridized carbons (Fsp3) is 0.769. The maximum absolute atomic E-state index is 5.85. The number of nitrogens with two attached hydrogens (primary N) is 1. The number of ether oxygens (including phenoxy) is 1. The average molecular weight is 263 g/mol. The highest BCUT2D eigenvalue weighted by molar-refractivity contribution is 5.35. The van der Waals surface area contributed by atoms with Gasteiger partial charge in [0.15, 0.2) is 0 Å². The lowest BCUT2D eigenvalue weighted by Gasteiger charge is -2.28. The smallest absolute Gasteiger partial charge is 0.230 e. The lowest BCUT2D eigenvalue weighted by atomic mass is 9.89. The lowest BCUT2D eigenvalue weighted by Crippen LogP contribution is -2.37. The highest BCUT2D eigenvalue weighted by atomic mass is 16.5. The molecule has 104 valence electrons. The Bertz CT molecular complexity index is 391. The van der Waals surface area contributed by atoms with Gasteiger partial charge in [-0.2, -0.15) is 15.0 Å². The minimum atomic E-state index is 0.345. The van der Waals surface area contributed by atoms with Crippen LogP contribution in [0.4, 0.5) is 11.9 Å². The summed E-state index contributed by atoms with van der Waals surface area (Å²) in [6, 6.07) is 0. The van der Waals surface area contributed by atoms with Gasteiger partial charge in [-0.05, 0) is 12.8 Å². The Morgan fingerprint density at radius 2 is 1.74 bits per heavy atom. The molecule has 6 nitrogen and oxygen atoms in total. The Kier molecular flexibility index (Phi) is 3.77. The van der Waals surface area contributed by atoms with Crippen molar-refractivity contribution < 1.29 is 4.74 Å². The molecule has 2 N–H and O–H groups in total. The molecule has 2 aliphatic rings. The highest BCUT2D eigenvalue weighted by Gasteiger charge is 2.22. The molecule has 0 aromatic carbocycles. The fourth-order valence-corrected chi connectivity index (χ4v) is 2.85. The summed E-state index contributed by atoms with van der Waals surface area (Å²) in [5.74, 6) is 2.40. The van der Waals surface area contributed by atoms with E-state index in [1.807, 2.05) is 0 Å². The largest absolute Gasteiger partial charge is 0.378 e. The number of nitrogen functional groups attached to an aromatic ring is 1. The second-order valence-electron chi connectivity index (χ2n) is 5.29. The van der Waals surface area contributed by atoms with Crippen molar-refractivity contribution in [1.82, 2.24) is 15.0 Å². The third-order valence-electron chi connectivity index (χ3n) is 3.92. The van der Waals surface area contributed by atoms with E-state index in [0.717, 1.165) is 38.1 Å². The van der Waals surface area contributed by atoms with Crippen LogP contribution in [0.1, 0.15) is 43.8 Å². The Hall–Kier alpha value is -1.43. The molecule has 1 saturated carbocycles. The van der Waals surface area contributed by atoms with Crippen molar-refractivity contribution >= 4 is 11.9 Å². The summed E-state index contributed by atoms with van der Waals surface area (Å²) in [5.41, 5.74) is 5.85. The number of hydrogen-bond acceptors (Lipinski definition) is 6. The van der Waals surface area contributed by atoms with E-state index in [1.54, 1.807) is 0 Å². The second-order valence-corrected chi connectivity index (χ2v) is 5.29. The maximum atomic E-state index is 5.85. The molecule has 1 aromatic rings. The molecule has 0 amide bonds. The first-order valence-electron chi connectivity index (χ1n) is 7.17. The molecule has 2 fully saturated rings. The van der Waals surface area contributed by atoms with Crippen LogP contribution in [0, 0.1) is 0 Å². The third-order valence-corrected chi connectivity index (χ3v) is 3.92.